The normalized spacial score (nSPS) is 12.0. The minimum atomic E-state index is -3.49. The Kier molecular flexibility index (Phi) is 6.74. The number of hydrogen-bond acceptors (Lipinski definition) is 6. The quantitative estimate of drug-likeness (QED) is 0.347. The number of nitrogens with zero attached hydrogens (tertiary/aromatic N) is 4. The Morgan fingerprint density at radius 3 is 2.40 bits per heavy atom. The second-order valence-corrected chi connectivity index (χ2v) is 12.0. The molecule has 2 heterocycles. The van der Waals surface area contributed by atoms with Gasteiger partial charge in [-0.1, -0.05) is 11.3 Å². The maximum atomic E-state index is 14.3. The van der Waals surface area contributed by atoms with E-state index in [1.54, 1.807) is 18.5 Å². The molecule has 0 atom stereocenters. The Morgan fingerprint density at radius 2 is 1.80 bits per heavy atom. The number of thiazole rings is 1. The predicted octanol–water partition coefficient (Wildman–Crippen LogP) is 4.92. The zero-order valence-corrected chi connectivity index (χ0v) is 21.3. The minimum Gasteiger partial charge on any atom is -0.282 e. The SMILES string of the molecule is Cc1cc(C)n(CCN(C(=O)c2ccc(S(=O)(=O)C(C)C)cc2)c2nc3c(F)cc(F)cc3s2)n1. The van der Waals surface area contributed by atoms with E-state index < -0.39 is 32.6 Å². The molecule has 2 aromatic heterocycles. The predicted molar refractivity (Wildman–Crippen MR) is 132 cm³/mol. The fourth-order valence-electron chi connectivity index (χ4n) is 3.66. The van der Waals surface area contributed by atoms with E-state index in [0.717, 1.165) is 28.8 Å². The van der Waals surface area contributed by atoms with Gasteiger partial charge in [-0.05, 0) is 64.1 Å². The highest BCUT2D eigenvalue weighted by Gasteiger charge is 2.25. The molecule has 0 saturated heterocycles. The van der Waals surface area contributed by atoms with Gasteiger partial charge in [0.05, 0.1) is 27.1 Å². The van der Waals surface area contributed by atoms with Crippen molar-refractivity contribution < 1.29 is 22.0 Å². The highest BCUT2D eigenvalue weighted by Crippen LogP contribution is 2.32. The zero-order chi connectivity index (χ0) is 25.5. The van der Waals surface area contributed by atoms with Crippen LogP contribution in [0.2, 0.25) is 0 Å². The number of anilines is 1. The van der Waals surface area contributed by atoms with Crippen LogP contribution in [0.4, 0.5) is 13.9 Å². The molecule has 0 saturated carbocycles. The first kappa shape index (κ1) is 24.9. The van der Waals surface area contributed by atoms with Crippen LogP contribution >= 0.6 is 11.3 Å². The highest BCUT2D eigenvalue weighted by atomic mass is 32.2. The lowest BCUT2D eigenvalue weighted by atomic mass is 10.2. The van der Waals surface area contributed by atoms with Crippen LogP contribution in [0.25, 0.3) is 10.2 Å². The van der Waals surface area contributed by atoms with Gasteiger partial charge < -0.3 is 0 Å². The van der Waals surface area contributed by atoms with Gasteiger partial charge in [0.2, 0.25) is 0 Å². The van der Waals surface area contributed by atoms with Crippen molar-refractivity contribution in [2.45, 2.75) is 44.4 Å². The van der Waals surface area contributed by atoms with E-state index in [0.29, 0.717) is 6.54 Å². The first-order valence-corrected chi connectivity index (χ1v) is 13.3. The summed E-state index contributed by atoms with van der Waals surface area (Å²) in [7, 11) is -3.49. The summed E-state index contributed by atoms with van der Waals surface area (Å²) < 4.78 is 55.0. The molecule has 0 aliphatic carbocycles. The van der Waals surface area contributed by atoms with Crippen molar-refractivity contribution in [3.8, 4) is 0 Å². The first-order valence-electron chi connectivity index (χ1n) is 10.9. The second kappa shape index (κ2) is 9.46. The molecule has 4 rings (SSSR count). The van der Waals surface area contributed by atoms with Crippen molar-refractivity contribution in [1.29, 1.82) is 0 Å². The van der Waals surface area contributed by atoms with Crippen LogP contribution < -0.4 is 4.90 Å². The Labute approximate surface area is 205 Å². The number of amides is 1. The van der Waals surface area contributed by atoms with Crippen LogP contribution in [-0.2, 0) is 16.4 Å². The van der Waals surface area contributed by atoms with E-state index in [4.69, 9.17) is 0 Å². The van der Waals surface area contributed by atoms with Crippen LogP contribution in [0.15, 0.2) is 47.4 Å². The fourth-order valence-corrected chi connectivity index (χ4v) is 5.75. The molecule has 11 heteroatoms. The molecular formula is C24H24F2N4O3S2. The Hall–Kier alpha value is -3.18. The van der Waals surface area contributed by atoms with Crippen LogP contribution in [0.5, 0.6) is 0 Å². The van der Waals surface area contributed by atoms with Crippen LogP contribution in [0.3, 0.4) is 0 Å². The lowest BCUT2D eigenvalue weighted by molar-refractivity contribution is 0.0985. The summed E-state index contributed by atoms with van der Waals surface area (Å²) in [5, 5.41) is 4.02. The molecule has 35 heavy (non-hydrogen) atoms. The van der Waals surface area contributed by atoms with E-state index in [1.165, 1.54) is 35.2 Å². The van der Waals surface area contributed by atoms with E-state index in [2.05, 4.69) is 10.1 Å². The lowest BCUT2D eigenvalue weighted by Crippen LogP contribution is -2.34. The van der Waals surface area contributed by atoms with Gasteiger partial charge in [0, 0.05) is 23.9 Å². The second-order valence-electron chi connectivity index (χ2n) is 8.46. The summed E-state index contributed by atoms with van der Waals surface area (Å²) in [6.45, 7) is 7.45. The summed E-state index contributed by atoms with van der Waals surface area (Å²) in [6, 6.07) is 9.53. The first-order chi connectivity index (χ1) is 16.5. The summed E-state index contributed by atoms with van der Waals surface area (Å²) in [5.41, 5.74) is 1.97. The van der Waals surface area contributed by atoms with E-state index in [9.17, 15) is 22.0 Å². The van der Waals surface area contributed by atoms with Gasteiger partial charge in [0.1, 0.15) is 11.3 Å². The van der Waals surface area contributed by atoms with E-state index >= 15 is 0 Å². The third-order valence-corrected chi connectivity index (χ3v) is 8.76. The van der Waals surface area contributed by atoms with Gasteiger partial charge in [0.15, 0.2) is 20.8 Å². The Morgan fingerprint density at radius 1 is 1.11 bits per heavy atom. The highest BCUT2D eigenvalue weighted by molar-refractivity contribution is 7.92. The number of fused-ring (bicyclic) bond motifs is 1. The van der Waals surface area contributed by atoms with E-state index in [-0.39, 0.29) is 32.4 Å². The van der Waals surface area contributed by atoms with Crippen LogP contribution in [-0.4, -0.2) is 40.9 Å². The topological polar surface area (TPSA) is 85.2 Å². The number of carbonyl (C=O) groups is 1. The molecule has 184 valence electrons. The van der Waals surface area contributed by atoms with Crippen molar-refractivity contribution in [2.24, 2.45) is 0 Å². The summed E-state index contributed by atoms with van der Waals surface area (Å²) in [5.74, 6) is -1.98. The molecule has 0 unspecified atom stereocenters. The standard InChI is InChI=1S/C24H24F2N4O3S2/c1-14(2)35(32,33)19-7-5-17(6-8-19)23(31)29(9-10-30-16(4)11-15(3)28-30)24-27-22-20(26)12-18(25)13-21(22)34-24/h5-8,11-14H,9-10H2,1-4H3. The molecule has 4 aromatic rings. The molecule has 0 fully saturated rings. The van der Waals surface area contributed by atoms with Gasteiger partial charge >= 0.3 is 0 Å². The molecule has 7 nitrogen and oxygen atoms in total. The number of rotatable bonds is 7. The van der Waals surface area contributed by atoms with Gasteiger partial charge in [0.25, 0.3) is 5.91 Å². The number of benzene rings is 2. The third kappa shape index (κ3) is 4.96. The number of carbonyl (C=O) groups excluding carboxylic acids is 1. The number of sulfone groups is 1. The average molecular weight is 519 g/mol. The monoisotopic (exact) mass is 518 g/mol. The van der Waals surface area contributed by atoms with Crippen LogP contribution in [0.1, 0.15) is 35.6 Å². The molecule has 0 aliphatic heterocycles. The maximum absolute atomic E-state index is 14.3. The maximum Gasteiger partial charge on any atom is 0.260 e. The smallest absolute Gasteiger partial charge is 0.260 e. The average Bonchev–Trinajstić information content (AvgIpc) is 3.36. The minimum absolute atomic E-state index is 0.0197. The molecule has 2 aromatic carbocycles. The molecule has 0 spiro atoms. The number of aryl methyl sites for hydroxylation is 2. The zero-order valence-electron chi connectivity index (χ0n) is 19.6. The van der Waals surface area contributed by atoms with Gasteiger partial charge in [-0.25, -0.2) is 22.2 Å². The van der Waals surface area contributed by atoms with Gasteiger partial charge in [-0.3, -0.25) is 14.4 Å². The summed E-state index contributed by atoms with van der Waals surface area (Å²) in [4.78, 5) is 19.3. The molecule has 0 bridgehead atoms. The fraction of sp³-hybridized carbons (Fsp3) is 0.292. The van der Waals surface area contributed by atoms with Crippen molar-refractivity contribution >= 4 is 42.4 Å². The van der Waals surface area contributed by atoms with Crippen molar-refractivity contribution in [2.75, 3.05) is 11.4 Å². The summed E-state index contributed by atoms with van der Waals surface area (Å²) >= 11 is 1.00. The molecular weight excluding hydrogens is 494 g/mol. The molecule has 1 amide bonds. The summed E-state index contributed by atoms with van der Waals surface area (Å²) in [6.07, 6.45) is 0. The largest absolute Gasteiger partial charge is 0.282 e. The van der Waals surface area contributed by atoms with Gasteiger partial charge in [-0.15, -0.1) is 0 Å². The Bertz CT molecular complexity index is 1510. The van der Waals surface area contributed by atoms with Crippen molar-refractivity contribution in [3.63, 3.8) is 0 Å². The molecule has 0 aliphatic rings. The van der Waals surface area contributed by atoms with Crippen molar-refractivity contribution in [3.05, 3.63) is 71.1 Å². The van der Waals surface area contributed by atoms with Gasteiger partial charge in [-0.2, -0.15) is 5.10 Å². The number of hydrogen-bond donors (Lipinski definition) is 0. The lowest BCUT2D eigenvalue weighted by Gasteiger charge is -2.20. The van der Waals surface area contributed by atoms with E-state index in [1.807, 2.05) is 19.9 Å². The van der Waals surface area contributed by atoms with Crippen LogP contribution in [0, 0.1) is 25.5 Å². The number of aromatic nitrogens is 3. The molecule has 0 radical (unpaired) electrons. The molecule has 0 N–H and O–H groups in total. The number of halogens is 2. The Balaban J connectivity index is 1.71. The third-order valence-electron chi connectivity index (χ3n) is 5.57. The van der Waals surface area contributed by atoms with Crippen molar-refractivity contribution in [1.82, 2.24) is 14.8 Å².